The van der Waals surface area contributed by atoms with E-state index < -0.39 is 0 Å². The van der Waals surface area contributed by atoms with E-state index in [1.54, 1.807) is 0 Å². The zero-order valence-corrected chi connectivity index (χ0v) is 12.8. The molecule has 2 N–H and O–H groups in total. The van der Waals surface area contributed by atoms with Crippen LogP contribution in [0, 0.1) is 6.92 Å². The molecule has 0 bridgehead atoms. The summed E-state index contributed by atoms with van der Waals surface area (Å²) >= 11 is 0. The molecule has 2 rings (SSSR count). The number of hydrogen-bond donors (Lipinski definition) is 2. The molecule has 0 aliphatic rings. The maximum Gasteiger partial charge on any atom is 0.243 e. The van der Waals surface area contributed by atoms with E-state index in [0.29, 0.717) is 5.92 Å². The molecular weight excluding hydrogens is 260 g/mol. The number of nitrogens with one attached hydrogen (secondary N) is 2. The van der Waals surface area contributed by atoms with Gasteiger partial charge in [-0.2, -0.15) is 0 Å². The number of rotatable bonds is 5. The Kier molecular flexibility index (Phi) is 4.99. The molecule has 0 saturated heterocycles. The molecule has 0 fully saturated rings. The number of benzene rings is 2. The summed E-state index contributed by atoms with van der Waals surface area (Å²) in [5.74, 6) is 0.432. The number of amides is 1. The van der Waals surface area contributed by atoms with Crippen molar-refractivity contribution >= 4 is 17.3 Å². The van der Waals surface area contributed by atoms with E-state index in [2.05, 4.69) is 36.6 Å². The van der Waals surface area contributed by atoms with Gasteiger partial charge in [0.05, 0.1) is 6.54 Å². The molecule has 2 aromatic rings. The molecule has 110 valence electrons. The highest BCUT2D eigenvalue weighted by Gasteiger charge is 2.04. The van der Waals surface area contributed by atoms with Crippen LogP contribution < -0.4 is 10.6 Å². The Hall–Kier alpha value is -2.29. The summed E-state index contributed by atoms with van der Waals surface area (Å²) in [6.07, 6.45) is 0. The van der Waals surface area contributed by atoms with Crippen LogP contribution in [0.5, 0.6) is 0 Å². The maximum atomic E-state index is 11.9. The van der Waals surface area contributed by atoms with Gasteiger partial charge in [-0.3, -0.25) is 4.79 Å². The van der Waals surface area contributed by atoms with Gasteiger partial charge in [0.2, 0.25) is 5.91 Å². The Morgan fingerprint density at radius 2 is 1.76 bits per heavy atom. The lowest BCUT2D eigenvalue weighted by atomic mass is 10.0. The van der Waals surface area contributed by atoms with E-state index in [-0.39, 0.29) is 12.5 Å². The third-order valence-corrected chi connectivity index (χ3v) is 3.34. The summed E-state index contributed by atoms with van der Waals surface area (Å²) in [5, 5.41) is 6.03. The fourth-order valence-electron chi connectivity index (χ4n) is 2.03. The van der Waals surface area contributed by atoms with Crippen molar-refractivity contribution in [2.24, 2.45) is 0 Å². The number of hydrogen-bond acceptors (Lipinski definition) is 2. The first-order chi connectivity index (χ1) is 10.0. The van der Waals surface area contributed by atoms with Gasteiger partial charge in [-0.1, -0.05) is 43.7 Å². The van der Waals surface area contributed by atoms with Crippen LogP contribution >= 0.6 is 0 Å². The smallest absolute Gasteiger partial charge is 0.243 e. The predicted octanol–water partition coefficient (Wildman–Crippen LogP) is 4.17. The molecule has 3 nitrogen and oxygen atoms in total. The van der Waals surface area contributed by atoms with Gasteiger partial charge in [0.15, 0.2) is 0 Å². The third kappa shape index (κ3) is 4.63. The second-order valence-corrected chi connectivity index (χ2v) is 5.55. The first-order valence-corrected chi connectivity index (χ1v) is 7.25. The number of carbonyl (C=O) groups is 1. The standard InChI is InChI=1S/C18H22N2O/c1-13(2)15-5-4-6-17(11-15)19-12-18(21)20-16-9-7-14(3)8-10-16/h4-11,13,19H,12H2,1-3H3,(H,20,21). The summed E-state index contributed by atoms with van der Waals surface area (Å²) in [7, 11) is 0. The lowest BCUT2D eigenvalue weighted by Crippen LogP contribution is -2.21. The SMILES string of the molecule is Cc1ccc(NC(=O)CNc2cccc(C(C)C)c2)cc1. The minimum absolute atomic E-state index is 0.0474. The summed E-state index contributed by atoms with van der Waals surface area (Å²) in [6, 6.07) is 16.0. The fourth-order valence-corrected chi connectivity index (χ4v) is 2.03. The van der Waals surface area contributed by atoms with Crippen LogP contribution in [0.3, 0.4) is 0 Å². The molecular formula is C18H22N2O. The lowest BCUT2D eigenvalue weighted by molar-refractivity contribution is -0.114. The quantitative estimate of drug-likeness (QED) is 0.864. The molecule has 21 heavy (non-hydrogen) atoms. The second kappa shape index (κ2) is 6.93. The van der Waals surface area contributed by atoms with Crippen molar-refractivity contribution in [1.29, 1.82) is 0 Å². The van der Waals surface area contributed by atoms with Gasteiger partial charge >= 0.3 is 0 Å². The van der Waals surface area contributed by atoms with E-state index in [1.165, 1.54) is 11.1 Å². The molecule has 0 aromatic heterocycles. The zero-order valence-electron chi connectivity index (χ0n) is 12.8. The molecule has 2 aromatic carbocycles. The maximum absolute atomic E-state index is 11.9. The van der Waals surface area contributed by atoms with Gasteiger partial charge in [0.25, 0.3) is 0 Å². The van der Waals surface area contributed by atoms with Crippen molar-refractivity contribution in [1.82, 2.24) is 0 Å². The van der Waals surface area contributed by atoms with Crippen LogP contribution in [0.1, 0.15) is 30.9 Å². The van der Waals surface area contributed by atoms with Crippen LogP contribution in [0.15, 0.2) is 48.5 Å². The molecule has 0 unspecified atom stereocenters. The molecule has 0 aliphatic heterocycles. The monoisotopic (exact) mass is 282 g/mol. The van der Waals surface area contributed by atoms with E-state index in [0.717, 1.165) is 11.4 Å². The van der Waals surface area contributed by atoms with Gasteiger partial charge in [0, 0.05) is 11.4 Å². The molecule has 0 spiro atoms. The minimum Gasteiger partial charge on any atom is -0.376 e. The first kappa shape index (κ1) is 15.1. The number of aryl methyl sites for hydroxylation is 1. The van der Waals surface area contributed by atoms with Gasteiger partial charge in [-0.25, -0.2) is 0 Å². The van der Waals surface area contributed by atoms with Crippen molar-refractivity contribution in [2.75, 3.05) is 17.2 Å². The lowest BCUT2D eigenvalue weighted by Gasteiger charge is -2.11. The molecule has 0 heterocycles. The van der Waals surface area contributed by atoms with Crippen molar-refractivity contribution in [3.63, 3.8) is 0 Å². The summed E-state index contributed by atoms with van der Waals surface area (Å²) in [4.78, 5) is 11.9. The molecule has 1 amide bonds. The van der Waals surface area contributed by atoms with E-state index in [9.17, 15) is 4.79 Å². The second-order valence-electron chi connectivity index (χ2n) is 5.55. The van der Waals surface area contributed by atoms with Crippen LogP contribution in [-0.2, 0) is 4.79 Å². The topological polar surface area (TPSA) is 41.1 Å². The molecule has 0 atom stereocenters. The molecule has 0 radical (unpaired) electrons. The Morgan fingerprint density at radius 3 is 2.43 bits per heavy atom. The largest absolute Gasteiger partial charge is 0.376 e. The van der Waals surface area contributed by atoms with Gasteiger partial charge in [-0.15, -0.1) is 0 Å². The van der Waals surface area contributed by atoms with Crippen LogP contribution in [-0.4, -0.2) is 12.5 Å². The average Bonchev–Trinajstić information content (AvgIpc) is 2.48. The van der Waals surface area contributed by atoms with Crippen LogP contribution in [0.4, 0.5) is 11.4 Å². The average molecular weight is 282 g/mol. The van der Waals surface area contributed by atoms with Gasteiger partial charge < -0.3 is 10.6 Å². The minimum atomic E-state index is -0.0474. The number of carbonyl (C=O) groups excluding carboxylic acids is 1. The van der Waals surface area contributed by atoms with E-state index in [4.69, 9.17) is 0 Å². The third-order valence-electron chi connectivity index (χ3n) is 3.34. The normalized spacial score (nSPS) is 10.5. The highest BCUT2D eigenvalue weighted by atomic mass is 16.1. The predicted molar refractivity (Wildman–Crippen MR) is 88.8 cm³/mol. The van der Waals surface area contributed by atoms with Crippen LogP contribution in [0.25, 0.3) is 0 Å². The summed E-state index contributed by atoms with van der Waals surface area (Å²) in [5.41, 5.74) is 4.24. The summed E-state index contributed by atoms with van der Waals surface area (Å²) in [6.45, 7) is 6.59. The molecule has 0 saturated carbocycles. The Bertz CT molecular complexity index is 603. The van der Waals surface area contributed by atoms with Crippen LogP contribution in [0.2, 0.25) is 0 Å². The van der Waals surface area contributed by atoms with E-state index in [1.807, 2.05) is 43.3 Å². The highest BCUT2D eigenvalue weighted by Crippen LogP contribution is 2.18. The fraction of sp³-hybridized carbons (Fsp3) is 0.278. The summed E-state index contributed by atoms with van der Waals surface area (Å²) < 4.78 is 0. The van der Waals surface area contributed by atoms with Crippen molar-refractivity contribution < 1.29 is 4.79 Å². The highest BCUT2D eigenvalue weighted by molar-refractivity contribution is 5.93. The molecule has 0 aliphatic carbocycles. The number of anilines is 2. The first-order valence-electron chi connectivity index (χ1n) is 7.25. The Balaban J connectivity index is 1.89. The van der Waals surface area contributed by atoms with Gasteiger partial charge in [-0.05, 0) is 42.7 Å². The van der Waals surface area contributed by atoms with Crippen molar-refractivity contribution in [3.8, 4) is 0 Å². The van der Waals surface area contributed by atoms with Gasteiger partial charge in [0.1, 0.15) is 0 Å². The van der Waals surface area contributed by atoms with Crippen molar-refractivity contribution in [3.05, 3.63) is 59.7 Å². The molecule has 3 heteroatoms. The van der Waals surface area contributed by atoms with Crippen molar-refractivity contribution in [2.45, 2.75) is 26.7 Å². The van der Waals surface area contributed by atoms with E-state index >= 15 is 0 Å². The Morgan fingerprint density at radius 1 is 1.05 bits per heavy atom. The zero-order chi connectivity index (χ0) is 15.2. The Labute approximate surface area is 126 Å².